The fourth-order valence-corrected chi connectivity index (χ4v) is 2.27. The van der Waals surface area contributed by atoms with Crippen LogP contribution in [0.5, 0.6) is 5.75 Å². The fraction of sp³-hybridized carbons (Fsp3) is 0.538. The van der Waals surface area contributed by atoms with E-state index in [-0.39, 0.29) is 0 Å². The van der Waals surface area contributed by atoms with Crippen LogP contribution in [0.3, 0.4) is 0 Å². The van der Waals surface area contributed by atoms with Gasteiger partial charge >= 0.3 is 0 Å². The number of rotatable bonds is 5. The van der Waals surface area contributed by atoms with Gasteiger partial charge in [-0.25, -0.2) is 0 Å². The van der Waals surface area contributed by atoms with Crippen LogP contribution < -0.4 is 10.1 Å². The summed E-state index contributed by atoms with van der Waals surface area (Å²) in [6.45, 7) is 3.07. The summed E-state index contributed by atoms with van der Waals surface area (Å²) in [4.78, 5) is 0. The third-order valence-electron chi connectivity index (χ3n) is 2.93. The van der Waals surface area contributed by atoms with Crippen molar-refractivity contribution < 1.29 is 9.47 Å². The summed E-state index contributed by atoms with van der Waals surface area (Å²) in [5, 5.41) is 4.44. The third-order valence-corrected chi connectivity index (χ3v) is 3.73. The second kappa shape index (κ2) is 7.19. The van der Waals surface area contributed by atoms with Crippen LogP contribution in [0.4, 0.5) is 0 Å². The Morgan fingerprint density at radius 2 is 2.06 bits per heavy atom. The molecule has 1 aromatic rings. The van der Waals surface area contributed by atoms with E-state index in [0.29, 0.717) is 28.4 Å². The van der Waals surface area contributed by atoms with Crippen LogP contribution in [0.1, 0.15) is 12.8 Å². The van der Waals surface area contributed by atoms with Crippen molar-refractivity contribution in [2.75, 3.05) is 26.4 Å². The molecule has 0 bridgehead atoms. The molecule has 3 nitrogen and oxygen atoms in total. The van der Waals surface area contributed by atoms with Gasteiger partial charge in [0.15, 0.2) is 0 Å². The van der Waals surface area contributed by atoms with E-state index < -0.39 is 0 Å². The van der Waals surface area contributed by atoms with Crippen LogP contribution >= 0.6 is 23.2 Å². The summed E-state index contributed by atoms with van der Waals surface area (Å²) in [6.07, 6.45) is 2.13. The summed E-state index contributed by atoms with van der Waals surface area (Å²) >= 11 is 11.9. The predicted molar refractivity (Wildman–Crippen MR) is 73.8 cm³/mol. The van der Waals surface area contributed by atoms with Gasteiger partial charge < -0.3 is 14.8 Å². The molecule has 5 heteroatoms. The van der Waals surface area contributed by atoms with E-state index in [0.717, 1.165) is 32.6 Å². The van der Waals surface area contributed by atoms with E-state index in [1.165, 1.54) is 0 Å². The molecule has 0 saturated carbocycles. The summed E-state index contributed by atoms with van der Waals surface area (Å²) in [5.74, 6) is 0.637. The maximum absolute atomic E-state index is 6.03. The van der Waals surface area contributed by atoms with Crippen LogP contribution in [0, 0.1) is 0 Å². The van der Waals surface area contributed by atoms with E-state index >= 15 is 0 Å². The number of halogens is 2. The Kier molecular flexibility index (Phi) is 5.57. The standard InChI is InChI=1S/C13H17Cl2NO2/c14-11-2-1-3-12(13(11)15)18-9-6-16-10-4-7-17-8-5-10/h1-3,10,16H,4-9H2. The molecule has 100 valence electrons. The molecule has 0 aliphatic carbocycles. The van der Waals surface area contributed by atoms with Gasteiger partial charge in [-0.05, 0) is 25.0 Å². The predicted octanol–water partition coefficient (Wildman–Crippen LogP) is 3.14. The highest BCUT2D eigenvalue weighted by molar-refractivity contribution is 6.42. The van der Waals surface area contributed by atoms with Gasteiger partial charge in [-0.15, -0.1) is 0 Å². The van der Waals surface area contributed by atoms with E-state index in [4.69, 9.17) is 32.7 Å². The molecule has 0 atom stereocenters. The Labute approximate surface area is 117 Å². The van der Waals surface area contributed by atoms with Gasteiger partial charge in [-0.3, -0.25) is 0 Å². The Hall–Kier alpha value is -0.480. The monoisotopic (exact) mass is 289 g/mol. The molecule has 0 unspecified atom stereocenters. The molecule has 0 aromatic heterocycles. The van der Waals surface area contributed by atoms with Crippen molar-refractivity contribution >= 4 is 23.2 Å². The molecule has 1 aliphatic rings. The second-order valence-corrected chi connectivity index (χ2v) is 5.03. The minimum absolute atomic E-state index is 0.477. The van der Waals surface area contributed by atoms with Gasteiger partial charge in [0, 0.05) is 25.8 Å². The van der Waals surface area contributed by atoms with Gasteiger partial charge in [-0.2, -0.15) is 0 Å². The van der Waals surface area contributed by atoms with Crippen molar-refractivity contribution in [3.63, 3.8) is 0 Å². The van der Waals surface area contributed by atoms with E-state index in [2.05, 4.69) is 5.32 Å². The van der Waals surface area contributed by atoms with Gasteiger partial charge in [0.25, 0.3) is 0 Å². The fourth-order valence-electron chi connectivity index (χ4n) is 1.92. The van der Waals surface area contributed by atoms with Crippen molar-refractivity contribution in [1.82, 2.24) is 5.32 Å². The average Bonchev–Trinajstić information content (AvgIpc) is 2.40. The molecule has 1 heterocycles. The van der Waals surface area contributed by atoms with Crippen molar-refractivity contribution in [2.45, 2.75) is 18.9 Å². The van der Waals surface area contributed by atoms with Crippen LogP contribution in [0.25, 0.3) is 0 Å². The van der Waals surface area contributed by atoms with Gasteiger partial charge in [0.05, 0.1) is 5.02 Å². The summed E-state index contributed by atoms with van der Waals surface area (Å²) in [7, 11) is 0. The molecule has 0 amide bonds. The minimum Gasteiger partial charge on any atom is -0.491 e. The van der Waals surface area contributed by atoms with E-state index in [9.17, 15) is 0 Å². The lowest BCUT2D eigenvalue weighted by molar-refractivity contribution is 0.0770. The average molecular weight is 290 g/mol. The molecule has 0 radical (unpaired) electrons. The summed E-state index contributed by atoms with van der Waals surface area (Å²) in [6, 6.07) is 5.94. The topological polar surface area (TPSA) is 30.5 Å². The molecule has 1 aromatic carbocycles. The Morgan fingerprint density at radius 3 is 2.83 bits per heavy atom. The highest BCUT2D eigenvalue weighted by Gasteiger charge is 2.12. The lowest BCUT2D eigenvalue weighted by atomic mass is 10.1. The Balaban J connectivity index is 1.70. The number of ether oxygens (including phenoxy) is 2. The van der Waals surface area contributed by atoms with Crippen LogP contribution in [-0.2, 0) is 4.74 Å². The third kappa shape index (κ3) is 4.02. The molecule has 1 aliphatic heterocycles. The van der Waals surface area contributed by atoms with Crippen molar-refractivity contribution in [1.29, 1.82) is 0 Å². The molecule has 1 fully saturated rings. The number of benzene rings is 1. The molecule has 2 rings (SSSR count). The second-order valence-electron chi connectivity index (χ2n) is 4.24. The molecular formula is C13H17Cl2NO2. The van der Waals surface area contributed by atoms with Gasteiger partial charge in [-0.1, -0.05) is 29.3 Å². The van der Waals surface area contributed by atoms with Crippen LogP contribution in [0.2, 0.25) is 10.0 Å². The Morgan fingerprint density at radius 1 is 1.28 bits per heavy atom. The zero-order chi connectivity index (χ0) is 12.8. The van der Waals surface area contributed by atoms with Crippen molar-refractivity contribution in [3.8, 4) is 5.75 Å². The largest absolute Gasteiger partial charge is 0.491 e. The van der Waals surface area contributed by atoms with Crippen LogP contribution in [0.15, 0.2) is 18.2 Å². The number of hydrogen-bond acceptors (Lipinski definition) is 3. The number of nitrogens with one attached hydrogen (secondary N) is 1. The zero-order valence-electron chi connectivity index (χ0n) is 10.1. The Bertz CT molecular complexity index is 381. The van der Waals surface area contributed by atoms with Crippen molar-refractivity contribution in [2.24, 2.45) is 0 Å². The summed E-state index contributed by atoms with van der Waals surface area (Å²) in [5.41, 5.74) is 0. The lowest BCUT2D eigenvalue weighted by Gasteiger charge is -2.23. The normalized spacial score (nSPS) is 16.8. The molecule has 1 saturated heterocycles. The maximum Gasteiger partial charge on any atom is 0.139 e. The van der Waals surface area contributed by atoms with Crippen molar-refractivity contribution in [3.05, 3.63) is 28.2 Å². The quantitative estimate of drug-likeness (QED) is 0.845. The molecule has 18 heavy (non-hydrogen) atoms. The maximum atomic E-state index is 6.03. The van der Waals surface area contributed by atoms with Crippen LogP contribution in [-0.4, -0.2) is 32.4 Å². The first-order valence-electron chi connectivity index (χ1n) is 6.15. The van der Waals surface area contributed by atoms with E-state index in [1.54, 1.807) is 6.07 Å². The van der Waals surface area contributed by atoms with E-state index in [1.807, 2.05) is 12.1 Å². The minimum atomic E-state index is 0.477. The first kappa shape index (κ1) is 13.9. The smallest absolute Gasteiger partial charge is 0.139 e. The first-order chi connectivity index (χ1) is 8.77. The summed E-state index contributed by atoms with van der Waals surface area (Å²) < 4.78 is 10.9. The highest BCUT2D eigenvalue weighted by Crippen LogP contribution is 2.31. The highest BCUT2D eigenvalue weighted by atomic mass is 35.5. The first-order valence-corrected chi connectivity index (χ1v) is 6.91. The lowest BCUT2D eigenvalue weighted by Crippen LogP contribution is -2.37. The van der Waals surface area contributed by atoms with Gasteiger partial charge in [0.2, 0.25) is 0 Å². The molecule has 0 spiro atoms. The molecule has 1 N–H and O–H groups in total. The SMILES string of the molecule is Clc1cccc(OCCNC2CCOCC2)c1Cl. The zero-order valence-corrected chi connectivity index (χ0v) is 11.6. The number of hydrogen-bond donors (Lipinski definition) is 1. The van der Waals surface area contributed by atoms with Gasteiger partial charge in [0.1, 0.15) is 17.4 Å². The molecular weight excluding hydrogens is 273 g/mol.